The van der Waals surface area contributed by atoms with Crippen LogP contribution in [0, 0.1) is 0 Å². The molecule has 1 aromatic rings. The van der Waals surface area contributed by atoms with Crippen molar-refractivity contribution >= 4 is 34.6 Å². The maximum Gasteiger partial charge on any atom is 0.172 e. The summed E-state index contributed by atoms with van der Waals surface area (Å²) in [7, 11) is 0. The second-order valence-electron chi connectivity index (χ2n) is 3.28. The molecular formula is C9H9N3S2. The fourth-order valence-electron chi connectivity index (χ4n) is 1.17. The van der Waals surface area contributed by atoms with Crippen LogP contribution >= 0.6 is 23.7 Å². The molecule has 1 aliphatic carbocycles. The monoisotopic (exact) mass is 223 g/mol. The average molecular weight is 223 g/mol. The molecule has 0 unspecified atom stereocenters. The van der Waals surface area contributed by atoms with Crippen LogP contribution in [0.1, 0.15) is 12.8 Å². The van der Waals surface area contributed by atoms with Crippen molar-refractivity contribution in [3.8, 4) is 0 Å². The molecule has 1 N–H and O–H groups in total. The van der Waals surface area contributed by atoms with Crippen LogP contribution in [0.25, 0.3) is 0 Å². The number of aliphatic imine (C=N–C) groups is 1. The first kappa shape index (κ1) is 8.61. The number of amidine groups is 1. The number of aromatic nitrogens is 1. The van der Waals surface area contributed by atoms with Gasteiger partial charge in [-0.1, -0.05) is 11.8 Å². The van der Waals surface area contributed by atoms with Gasteiger partial charge in [0.05, 0.1) is 10.6 Å². The second-order valence-corrected chi connectivity index (χ2v) is 5.42. The zero-order chi connectivity index (χ0) is 9.38. The van der Waals surface area contributed by atoms with E-state index >= 15 is 0 Å². The number of hydrogen-bond donors (Lipinski definition) is 1. The molecule has 1 saturated carbocycles. The minimum atomic E-state index is 0.797. The number of nitrogens with zero attached hydrogens (tertiary/aromatic N) is 2. The van der Waals surface area contributed by atoms with Crippen molar-refractivity contribution in [3.63, 3.8) is 0 Å². The first-order chi connectivity index (χ1) is 6.92. The molecule has 1 aliphatic heterocycles. The summed E-state index contributed by atoms with van der Waals surface area (Å²) in [4.78, 5) is 9.70. The van der Waals surface area contributed by atoms with E-state index in [0.717, 1.165) is 21.0 Å². The van der Waals surface area contributed by atoms with Gasteiger partial charge in [0.2, 0.25) is 0 Å². The van der Waals surface area contributed by atoms with Crippen molar-refractivity contribution in [2.75, 3.05) is 0 Å². The van der Waals surface area contributed by atoms with E-state index in [1.165, 1.54) is 12.8 Å². The highest BCUT2D eigenvalue weighted by Crippen LogP contribution is 2.38. The van der Waals surface area contributed by atoms with Crippen molar-refractivity contribution in [2.24, 2.45) is 4.99 Å². The lowest BCUT2D eigenvalue weighted by molar-refractivity contribution is 1.20. The first-order valence-electron chi connectivity index (χ1n) is 4.54. The molecule has 2 aliphatic rings. The fraction of sp³-hybridized carbons (Fsp3) is 0.333. The molecule has 0 saturated heterocycles. The minimum absolute atomic E-state index is 0.797. The van der Waals surface area contributed by atoms with Gasteiger partial charge < -0.3 is 4.72 Å². The van der Waals surface area contributed by atoms with Gasteiger partial charge in [-0.15, -0.1) is 0 Å². The summed E-state index contributed by atoms with van der Waals surface area (Å²) in [5.74, 6) is 0. The van der Waals surface area contributed by atoms with Crippen molar-refractivity contribution < 1.29 is 0 Å². The number of hydrogen-bond acceptors (Lipinski definition) is 5. The van der Waals surface area contributed by atoms with Crippen molar-refractivity contribution in [1.82, 2.24) is 9.71 Å². The van der Waals surface area contributed by atoms with Gasteiger partial charge in [-0.3, -0.25) is 4.98 Å². The summed E-state index contributed by atoms with van der Waals surface area (Å²) in [6.07, 6.45) is 6.29. The molecular weight excluding hydrogens is 214 g/mol. The van der Waals surface area contributed by atoms with E-state index in [9.17, 15) is 0 Å². The standard InChI is InChI=1S/C9H9N3S2/c1-2-6(1)13-9-11-7-3-4-10-5-8(7)14-12-9/h3-6H,1-2H2,(H,11,12). The third-order valence-electron chi connectivity index (χ3n) is 2.04. The van der Waals surface area contributed by atoms with E-state index in [0.29, 0.717) is 0 Å². The third kappa shape index (κ3) is 1.74. The molecule has 1 fully saturated rings. The van der Waals surface area contributed by atoms with Crippen LogP contribution in [0.3, 0.4) is 0 Å². The molecule has 3 nitrogen and oxygen atoms in total. The Morgan fingerprint density at radius 1 is 1.50 bits per heavy atom. The van der Waals surface area contributed by atoms with Gasteiger partial charge in [0, 0.05) is 17.6 Å². The number of rotatable bonds is 1. The van der Waals surface area contributed by atoms with Crippen molar-refractivity contribution in [3.05, 3.63) is 18.5 Å². The maximum atomic E-state index is 4.53. The molecule has 3 rings (SSSR count). The lowest BCUT2D eigenvalue weighted by atomic mass is 10.4. The Bertz CT molecular complexity index is 387. The Kier molecular flexibility index (Phi) is 2.14. The van der Waals surface area contributed by atoms with Crippen LogP contribution in [0.2, 0.25) is 0 Å². The van der Waals surface area contributed by atoms with E-state index in [1.807, 2.05) is 24.0 Å². The summed E-state index contributed by atoms with van der Waals surface area (Å²) in [6.45, 7) is 0. The number of pyridine rings is 1. The summed E-state index contributed by atoms with van der Waals surface area (Å²) < 4.78 is 3.24. The smallest absolute Gasteiger partial charge is 0.172 e. The van der Waals surface area contributed by atoms with E-state index < -0.39 is 0 Å². The van der Waals surface area contributed by atoms with Gasteiger partial charge in [-0.05, 0) is 30.9 Å². The Morgan fingerprint density at radius 2 is 2.43 bits per heavy atom. The molecule has 0 atom stereocenters. The molecule has 72 valence electrons. The number of nitrogens with one attached hydrogen (secondary N) is 1. The normalized spacial score (nSPS) is 19.6. The lowest BCUT2D eigenvalue weighted by Gasteiger charge is -2.14. The van der Waals surface area contributed by atoms with Gasteiger partial charge in [0.25, 0.3) is 0 Å². The molecule has 1 aromatic heterocycles. The number of thioether (sulfide) groups is 1. The van der Waals surface area contributed by atoms with E-state index in [2.05, 4.69) is 14.7 Å². The lowest BCUT2D eigenvalue weighted by Crippen LogP contribution is -2.15. The van der Waals surface area contributed by atoms with Crippen LogP contribution in [0.5, 0.6) is 0 Å². The summed E-state index contributed by atoms with van der Waals surface area (Å²) in [5.41, 5.74) is 1.03. The van der Waals surface area contributed by atoms with Crippen molar-refractivity contribution in [2.45, 2.75) is 23.0 Å². The Balaban J connectivity index is 1.86. The van der Waals surface area contributed by atoms with Crippen LogP contribution in [-0.4, -0.2) is 15.4 Å². The SMILES string of the molecule is c1cc2c(cn1)SNC(SC1CC1)=N2. The molecule has 5 heteroatoms. The minimum Gasteiger partial charge on any atom is -0.305 e. The molecule has 0 aromatic carbocycles. The molecule has 14 heavy (non-hydrogen) atoms. The zero-order valence-corrected chi connectivity index (χ0v) is 9.07. The number of fused-ring (bicyclic) bond motifs is 1. The first-order valence-corrected chi connectivity index (χ1v) is 6.24. The predicted molar refractivity (Wildman–Crippen MR) is 60.9 cm³/mol. The summed E-state index contributed by atoms with van der Waals surface area (Å²) in [5, 5.41) is 1.83. The highest BCUT2D eigenvalue weighted by atomic mass is 32.2. The van der Waals surface area contributed by atoms with Gasteiger partial charge >= 0.3 is 0 Å². The van der Waals surface area contributed by atoms with Gasteiger partial charge in [-0.2, -0.15) is 0 Å². The van der Waals surface area contributed by atoms with Crippen LogP contribution in [0.15, 0.2) is 28.3 Å². The van der Waals surface area contributed by atoms with Crippen LogP contribution in [-0.2, 0) is 0 Å². The van der Waals surface area contributed by atoms with Gasteiger partial charge in [-0.25, -0.2) is 4.99 Å². The van der Waals surface area contributed by atoms with Gasteiger partial charge in [0.15, 0.2) is 5.17 Å². The molecule has 0 spiro atoms. The zero-order valence-electron chi connectivity index (χ0n) is 7.43. The van der Waals surface area contributed by atoms with E-state index in [-0.39, 0.29) is 0 Å². The van der Waals surface area contributed by atoms with Crippen LogP contribution in [0.4, 0.5) is 5.69 Å². The maximum absolute atomic E-state index is 4.53. The molecule has 0 bridgehead atoms. The predicted octanol–water partition coefficient (Wildman–Crippen LogP) is 2.58. The third-order valence-corrected chi connectivity index (χ3v) is 4.22. The molecule has 2 heterocycles. The molecule has 0 radical (unpaired) electrons. The van der Waals surface area contributed by atoms with Crippen LogP contribution < -0.4 is 4.72 Å². The average Bonchev–Trinajstić information content (AvgIpc) is 3.02. The largest absolute Gasteiger partial charge is 0.305 e. The second kappa shape index (κ2) is 3.47. The fourth-order valence-corrected chi connectivity index (χ4v) is 2.90. The Labute approximate surface area is 90.9 Å². The highest BCUT2D eigenvalue weighted by Gasteiger charge is 2.25. The highest BCUT2D eigenvalue weighted by molar-refractivity contribution is 8.16. The van der Waals surface area contributed by atoms with E-state index in [1.54, 1.807) is 18.1 Å². The van der Waals surface area contributed by atoms with Gasteiger partial charge in [0.1, 0.15) is 0 Å². The van der Waals surface area contributed by atoms with E-state index in [4.69, 9.17) is 0 Å². The summed E-state index contributed by atoms with van der Waals surface area (Å²) >= 11 is 3.45. The topological polar surface area (TPSA) is 37.3 Å². The Morgan fingerprint density at radius 3 is 3.29 bits per heavy atom. The van der Waals surface area contributed by atoms with Crippen molar-refractivity contribution in [1.29, 1.82) is 0 Å². The summed E-state index contributed by atoms with van der Waals surface area (Å²) in [6, 6.07) is 1.95. The molecule has 0 amide bonds. The Hall–Kier alpha value is -0.680. The quantitative estimate of drug-likeness (QED) is 0.742.